The van der Waals surface area contributed by atoms with Crippen molar-refractivity contribution in [3.8, 4) is 5.75 Å². The van der Waals surface area contributed by atoms with Gasteiger partial charge in [-0.15, -0.1) is 10.2 Å². The highest BCUT2D eigenvalue weighted by Gasteiger charge is 2.12. The van der Waals surface area contributed by atoms with Crippen LogP contribution >= 0.6 is 11.3 Å². The minimum Gasteiger partial charge on any atom is -0.508 e. The van der Waals surface area contributed by atoms with Crippen molar-refractivity contribution in [3.05, 3.63) is 70.2 Å². The summed E-state index contributed by atoms with van der Waals surface area (Å²) in [5.74, 6) is -0.490. The molecule has 0 aliphatic carbocycles. The molecule has 1 heterocycles. The zero-order valence-electron chi connectivity index (χ0n) is 14.9. The molecular formula is C19H17N5O3S. The second-order valence-electron chi connectivity index (χ2n) is 5.88. The van der Waals surface area contributed by atoms with Crippen molar-refractivity contribution in [3.63, 3.8) is 0 Å². The lowest BCUT2D eigenvalue weighted by molar-refractivity contribution is -0.120. The number of carbonyl (C=O) groups excluding carboxylic acids is 2. The van der Waals surface area contributed by atoms with Crippen molar-refractivity contribution >= 4 is 34.5 Å². The van der Waals surface area contributed by atoms with Gasteiger partial charge in [0.25, 0.3) is 5.91 Å². The molecule has 2 amide bonds. The first-order valence-electron chi connectivity index (χ1n) is 8.31. The molecule has 0 saturated carbocycles. The number of anilines is 1. The molecule has 0 spiro atoms. The van der Waals surface area contributed by atoms with E-state index in [9.17, 15) is 14.7 Å². The number of phenolic OH excluding ortho intramolecular Hbond substituents is 1. The van der Waals surface area contributed by atoms with Crippen LogP contribution in [0.4, 0.5) is 5.13 Å². The molecule has 0 unspecified atom stereocenters. The molecule has 3 N–H and O–H groups in total. The average Bonchev–Trinajstić information content (AvgIpc) is 3.10. The van der Waals surface area contributed by atoms with Gasteiger partial charge < -0.3 is 5.11 Å². The molecule has 9 heteroatoms. The largest absolute Gasteiger partial charge is 0.508 e. The minimum atomic E-state index is -0.359. The van der Waals surface area contributed by atoms with Crippen LogP contribution in [0.2, 0.25) is 0 Å². The second kappa shape index (κ2) is 8.87. The quantitative estimate of drug-likeness (QED) is 0.438. The number of aromatic nitrogens is 2. The summed E-state index contributed by atoms with van der Waals surface area (Å²) in [4.78, 5) is 24.1. The Balaban J connectivity index is 1.50. The predicted molar refractivity (Wildman–Crippen MR) is 107 cm³/mol. The Bertz CT molecular complexity index is 997. The molecule has 28 heavy (non-hydrogen) atoms. The van der Waals surface area contributed by atoms with Crippen LogP contribution in [0.3, 0.4) is 0 Å². The van der Waals surface area contributed by atoms with Gasteiger partial charge >= 0.3 is 0 Å². The molecular weight excluding hydrogens is 378 g/mol. The molecule has 8 nitrogen and oxygen atoms in total. The van der Waals surface area contributed by atoms with E-state index >= 15 is 0 Å². The predicted octanol–water partition coefficient (Wildman–Crippen LogP) is 2.50. The first-order chi connectivity index (χ1) is 13.5. The molecule has 0 aliphatic rings. The summed E-state index contributed by atoms with van der Waals surface area (Å²) < 4.78 is 0. The fraction of sp³-hybridized carbons (Fsp3) is 0.105. The third-order valence-electron chi connectivity index (χ3n) is 3.61. The fourth-order valence-electron chi connectivity index (χ4n) is 2.17. The third kappa shape index (κ3) is 5.45. The van der Waals surface area contributed by atoms with Gasteiger partial charge in [0.15, 0.2) is 0 Å². The van der Waals surface area contributed by atoms with E-state index in [4.69, 9.17) is 0 Å². The van der Waals surface area contributed by atoms with Crippen molar-refractivity contribution in [2.24, 2.45) is 5.10 Å². The van der Waals surface area contributed by atoms with Gasteiger partial charge in [-0.25, -0.2) is 5.43 Å². The number of nitrogens with one attached hydrogen (secondary N) is 2. The lowest BCUT2D eigenvalue weighted by atomic mass is 10.1. The van der Waals surface area contributed by atoms with Crippen LogP contribution in [0.15, 0.2) is 53.6 Å². The van der Waals surface area contributed by atoms with Gasteiger partial charge in [-0.1, -0.05) is 29.0 Å². The first-order valence-corrected chi connectivity index (χ1v) is 9.12. The molecule has 3 rings (SSSR count). The van der Waals surface area contributed by atoms with Crippen LogP contribution in [0.1, 0.15) is 26.5 Å². The molecule has 0 fully saturated rings. The number of carbonyl (C=O) groups is 2. The number of hydrogen-bond acceptors (Lipinski definition) is 7. The van der Waals surface area contributed by atoms with Gasteiger partial charge in [0.2, 0.25) is 11.0 Å². The number of benzene rings is 2. The van der Waals surface area contributed by atoms with Crippen LogP contribution in [-0.4, -0.2) is 33.3 Å². The number of phenols is 1. The summed E-state index contributed by atoms with van der Waals surface area (Å²) in [5.41, 5.74) is 4.71. The Morgan fingerprint density at radius 1 is 1.11 bits per heavy atom. The molecule has 0 radical (unpaired) electrons. The summed E-state index contributed by atoms with van der Waals surface area (Å²) in [5, 5.41) is 24.3. The summed E-state index contributed by atoms with van der Waals surface area (Å²) in [6.45, 7) is 1.94. The average molecular weight is 395 g/mol. The molecule has 2 aromatic carbocycles. The summed E-state index contributed by atoms with van der Waals surface area (Å²) >= 11 is 1.12. The molecule has 0 bridgehead atoms. The monoisotopic (exact) mass is 395 g/mol. The standard InChI is InChI=1S/C19H17N5O3S/c1-12-2-6-14(7-3-12)18(27)21-19-24-23-17(28-19)10-16(26)22-20-11-13-4-8-15(25)9-5-13/h2-9,11,25H,10H2,1H3,(H,22,26)(H,21,24,27). The fourth-order valence-corrected chi connectivity index (χ4v) is 2.90. The number of aryl methyl sites for hydroxylation is 1. The smallest absolute Gasteiger partial charge is 0.257 e. The summed E-state index contributed by atoms with van der Waals surface area (Å²) in [6.07, 6.45) is 1.45. The van der Waals surface area contributed by atoms with E-state index in [0.29, 0.717) is 15.7 Å². The van der Waals surface area contributed by atoms with E-state index in [1.165, 1.54) is 18.3 Å². The van der Waals surface area contributed by atoms with Crippen LogP contribution in [0.25, 0.3) is 0 Å². The van der Waals surface area contributed by atoms with Gasteiger partial charge in [-0.3, -0.25) is 14.9 Å². The van der Waals surface area contributed by atoms with E-state index in [1.54, 1.807) is 24.3 Å². The Labute approximate surface area is 165 Å². The number of hydrogen-bond donors (Lipinski definition) is 3. The topological polar surface area (TPSA) is 117 Å². The molecule has 0 saturated heterocycles. The summed E-state index contributed by atoms with van der Waals surface area (Å²) in [7, 11) is 0. The molecule has 1 aromatic heterocycles. The van der Waals surface area contributed by atoms with E-state index in [-0.39, 0.29) is 24.0 Å². The van der Waals surface area contributed by atoms with Gasteiger partial charge in [0, 0.05) is 5.56 Å². The third-order valence-corrected chi connectivity index (χ3v) is 4.45. The number of aromatic hydroxyl groups is 1. The SMILES string of the molecule is Cc1ccc(C(=O)Nc2nnc(CC(=O)NN=Cc3ccc(O)cc3)s2)cc1. The first kappa shape index (κ1) is 19.2. The maximum absolute atomic E-state index is 12.2. The van der Waals surface area contributed by atoms with Crippen LogP contribution in [-0.2, 0) is 11.2 Å². The Morgan fingerprint density at radius 2 is 1.82 bits per heavy atom. The Kier molecular flexibility index (Phi) is 6.07. The van der Waals surface area contributed by atoms with Crippen LogP contribution < -0.4 is 10.7 Å². The maximum Gasteiger partial charge on any atom is 0.257 e. The number of rotatable bonds is 6. The van der Waals surface area contributed by atoms with E-state index < -0.39 is 0 Å². The molecule has 0 atom stereocenters. The number of amides is 2. The Morgan fingerprint density at radius 3 is 2.54 bits per heavy atom. The van der Waals surface area contributed by atoms with Gasteiger partial charge in [0.05, 0.1) is 12.6 Å². The summed E-state index contributed by atoms with van der Waals surface area (Å²) in [6, 6.07) is 13.5. The van der Waals surface area contributed by atoms with Gasteiger partial charge in [-0.2, -0.15) is 5.10 Å². The molecule has 0 aliphatic heterocycles. The highest BCUT2D eigenvalue weighted by Crippen LogP contribution is 2.17. The van der Waals surface area contributed by atoms with E-state index in [0.717, 1.165) is 22.5 Å². The molecule has 142 valence electrons. The van der Waals surface area contributed by atoms with Crippen LogP contribution in [0, 0.1) is 6.92 Å². The normalized spacial score (nSPS) is 10.8. The van der Waals surface area contributed by atoms with Crippen molar-refractivity contribution < 1.29 is 14.7 Å². The zero-order chi connectivity index (χ0) is 19.9. The maximum atomic E-state index is 12.2. The highest BCUT2D eigenvalue weighted by molar-refractivity contribution is 7.15. The molecule has 3 aromatic rings. The van der Waals surface area contributed by atoms with Crippen molar-refractivity contribution in [1.29, 1.82) is 0 Å². The van der Waals surface area contributed by atoms with Gasteiger partial charge in [-0.05, 0) is 48.9 Å². The van der Waals surface area contributed by atoms with E-state index in [2.05, 4.69) is 26.0 Å². The van der Waals surface area contributed by atoms with E-state index in [1.807, 2.05) is 19.1 Å². The van der Waals surface area contributed by atoms with Crippen molar-refractivity contribution in [2.75, 3.05) is 5.32 Å². The second-order valence-corrected chi connectivity index (χ2v) is 6.94. The zero-order valence-corrected chi connectivity index (χ0v) is 15.7. The lowest BCUT2D eigenvalue weighted by Crippen LogP contribution is -2.19. The number of hydrazone groups is 1. The van der Waals surface area contributed by atoms with Gasteiger partial charge in [0.1, 0.15) is 10.8 Å². The Hall–Kier alpha value is -3.59. The number of nitrogens with zero attached hydrogens (tertiary/aromatic N) is 3. The highest BCUT2D eigenvalue weighted by atomic mass is 32.1. The van der Waals surface area contributed by atoms with Crippen molar-refractivity contribution in [1.82, 2.24) is 15.6 Å². The lowest BCUT2D eigenvalue weighted by Gasteiger charge is -2.01. The van der Waals surface area contributed by atoms with Crippen molar-refractivity contribution in [2.45, 2.75) is 13.3 Å². The van der Waals surface area contributed by atoms with Crippen LogP contribution in [0.5, 0.6) is 5.75 Å². The minimum absolute atomic E-state index is 0.00894.